The molecule has 0 spiro atoms. The minimum Gasteiger partial charge on any atom is -0.310 e. The Morgan fingerprint density at radius 3 is 2.47 bits per heavy atom. The minimum atomic E-state index is -0.147. The summed E-state index contributed by atoms with van der Waals surface area (Å²) in [6.45, 7) is 9.40. The van der Waals surface area contributed by atoms with Gasteiger partial charge in [-0.2, -0.15) is 0 Å². The van der Waals surface area contributed by atoms with Gasteiger partial charge < -0.3 is 5.32 Å². The zero-order chi connectivity index (χ0) is 13.0. The number of rotatable bonds is 5. The lowest BCUT2D eigenvalue weighted by atomic mass is 9.86. The van der Waals surface area contributed by atoms with Crippen molar-refractivity contribution in [1.82, 2.24) is 5.32 Å². The van der Waals surface area contributed by atoms with E-state index in [2.05, 4.69) is 48.9 Å². The quantitative estimate of drug-likeness (QED) is 0.842. The van der Waals surface area contributed by atoms with Crippen LogP contribution in [0.15, 0.2) is 22.7 Å². The zero-order valence-corrected chi connectivity index (χ0v) is 12.5. The van der Waals surface area contributed by atoms with Crippen molar-refractivity contribution in [3.63, 3.8) is 0 Å². The first kappa shape index (κ1) is 14.7. The fourth-order valence-corrected chi connectivity index (χ4v) is 2.33. The first-order valence-corrected chi connectivity index (χ1v) is 6.95. The molecule has 1 aromatic carbocycles. The number of nitrogens with one attached hydrogen (secondary N) is 1. The molecular formula is C14H21BrFN. The molecule has 0 amide bonds. The molecule has 1 rings (SSSR count). The molecule has 0 heterocycles. The van der Waals surface area contributed by atoms with Crippen LogP contribution < -0.4 is 5.32 Å². The van der Waals surface area contributed by atoms with Crippen LogP contribution in [-0.4, -0.2) is 6.54 Å². The number of hydrogen-bond acceptors (Lipinski definition) is 1. The number of halogens is 2. The molecule has 0 radical (unpaired) electrons. The predicted molar refractivity (Wildman–Crippen MR) is 74.5 cm³/mol. The Morgan fingerprint density at radius 1 is 1.29 bits per heavy atom. The molecule has 0 saturated carbocycles. The summed E-state index contributed by atoms with van der Waals surface area (Å²) in [4.78, 5) is 0. The second-order valence-electron chi connectivity index (χ2n) is 4.78. The highest BCUT2D eigenvalue weighted by Crippen LogP contribution is 2.31. The fraction of sp³-hybridized carbons (Fsp3) is 0.571. The molecule has 3 heteroatoms. The van der Waals surface area contributed by atoms with Crippen LogP contribution in [0.25, 0.3) is 0 Å². The van der Waals surface area contributed by atoms with Crippen molar-refractivity contribution in [1.29, 1.82) is 0 Å². The van der Waals surface area contributed by atoms with Gasteiger partial charge in [0.2, 0.25) is 0 Å². The van der Waals surface area contributed by atoms with Gasteiger partial charge in [-0.1, -0.05) is 39.8 Å². The predicted octanol–water partition coefficient (Wildman–Crippen LogP) is 4.53. The molecule has 96 valence electrons. The lowest BCUT2D eigenvalue weighted by molar-refractivity contribution is 0.300. The molecule has 1 N–H and O–H groups in total. The van der Waals surface area contributed by atoms with Crippen LogP contribution >= 0.6 is 15.9 Å². The standard InChI is InChI=1S/C14H21BrFN/c1-5-17-14(10(4)9(2)3)11-7-6-8-12(15)13(11)16/h6-10,14,17H,5H2,1-4H3. The maximum absolute atomic E-state index is 14.1. The first-order chi connectivity index (χ1) is 7.99. The SMILES string of the molecule is CCNC(c1cccc(Br)c1F)C(C)C(C)C. The van der Waals surface area contributed by atoms with Crippen LogP contribution in [0, 0.1) is 17.7 Å². The van der Waals surface area contributed by atoms with Gasteiger partial charge in [0.05, 0.1) is 4.47 Å². The molecular weight excluding hydrogens is 281 g/mol. The summed E-state index contributed by atoms with van der Waals surface area (Å²) in [5, 5.41) is 3.39. The average Bonchev–Trinajstić information content (AvgIpc) is 2.29. The van der Waals surface area contributed by atoms with Crippen LogP contribution in [0.1, 0.15) is 39.3 Å². The highest BCUT2D eigenvalue weighted by atomic mass is 79.9. The molecule has 0 bridgehead atoms. The Kier molecular flexibility index (Phi) is 5.60. The summed E-state index contributed by atoms with van der Waals surface area (Å²) in [5.74, 6) is 0.752. The Balaban J connectivity index is 3.09. The third kappa shape index (κ3) is 3.52. The van der Waals surface area contributed by atoms with Crippen molar-refractivity contribution in [3.05, 3.63) is 34.1 Å². The Labute approximate surface area is 112 Å². The van der Waals surface area contributed by atoms with Gasteiger partial charge in [0, 0.05) is 11.6 Å². The van der Waals surface area contributed by atoms with E-state index in [9.17, 15) is 4.39 Å². The highest BCUT2D eigenvalue weighted by Gasteiger charge is 2.24. The third-order valence-corrected chi connectivity index (χ3v) is 3.93. The van der Waals surface area contributed by atoms with Crippen molar-refractivity contribution in [3.8, 4) is 0 Å². The Morgan fingerprint density at radius 2 is 1.94 bits per heavy atom. The molecule has 2 atom stereocenters. The molecule has 0 aliphatic rings. The van der Waals surface area contributed by atoms with Crippen molar-refractivity contribution in [2.75, 3.05) is 6.54 Å². The highest BCUT2D eigenvalue weighted by molar-refractivity contribution is 9.10. The van der Waals surface area contributed by atoms with Crippen LogP contribution in [0.2, 0.25) is 0 Å². The largest absolute Gasteiger partial charge is 0.310 e. The van der Waals surface area contributed by atoms with E-state index in [4.69, 9.17) is 0 Å². The second kappa shape index (κ2) is 6.50. The molecule has 0 aromatic heterocycles. The first-order valence-electron chi connectivity index (χ1n) is 6.16. The van der Waals surface area contributed by atoms with Gasteiger partial charge in [-0.25, -0.2) is 4.39 Å². The number of hydrogen-bond donors (Lipinski definition) is 1. The summed E-state index contributed by atoms with van der Waals surface area (Å²) >= 11 is 3.25. The average molecular weight is 302 g/mol. The maximum atomic E-state index is 14.1. The van der Waals surface area contributed by atoms with E-state index in [1.165, 1.54) is 0 Å². The molecule has 1 nitrogen and oxygen atoms in total. The van der Waals surface area contributed by atoms with Gasteiger partial charge in [0.15, 0.2) is 0 Å². The Hall–Kier alpha value is -0.410. The van der Waals surface area contributed by atoms with Crippen molar-refractivity contribution < 1.29 is 4.39 Å². The van der Waals surface area contributed by atoms with E-state index in [0.717, 1.165) is 12.1 Å². The summed E-state index contributed by atoms with van der Waals surface area (Å²) in [7, 11) is 0. The van der Waals surface area contributed by atoms with E-state index >= 15 is 0 Å². The smallest absolute Gasteiger partial charge is 0.142 e. The fourth-order valence-electron chi connectivity index (χ4n) is 1.94. The third-order valence-electron chi connectivity index (χ3n) is 3.32. The van der Waals surface area contributed by atoms with Gasteiger partial charge in [-0.05, 0) is 40.4 Å². The van der Waals surface area contributed by atoms with Gasteiger partial charge in [0.1, 0.15) is 5.82 Å². The van der Waals surface area contributed by atoms with E-state index in [-0.39, 0.29) is 11.9 Å². The van der Waals surface area contributed by atoms with Crippen molar-refractivity contribution in [2.45, 2.75) is 33.7 Å². The summed E-state index contributed by atoms with van der Waals surface area (Å²) in [6.07, 6.45) is 0. The van der Waals surface area contributed by atoms with Crippen LogP contribution in [0.5, 0.6) is 0 Å². The van der Waals surface area contributed by atoms with Crippen molar-refractivity contribution >= 4 is 15.9 Å². The van der Waals surface area contributed by atoms with Crippen LogP contribution in [-0.2, 0) is 0 Å². The lowest BCUT2D eigenvalue weighted by Crippen LogP contribution is -2.30. The molecule has 2 unspecified atom stereocenters. The summed E-state index contributed by atoms with van der Waals surface area (Å²) < 4.78 is 14.6. The molecule has 0 aliphatic heterocycles. The van der Waals surface area contributed by atoms with E-state index in [0.29, 0.717) is 16.3 Å². The van der Waals surface area contributed by atoms with Gasteiger partial charge >= 0.3 is 0 Å². The molecule has 17 heavy (non-hydrogen) atoms. The normalized spacial score (nSPS) is 15.0. The van der Waals surface area contributed by atoms with Crippen LogP contribution in [0.3, 0.4) is 0 Å². The monoisotopic (exact) mass is 301 g/mol. The molecule has 0 aliphatic carbocycles. The Bertz CT molecular complexity index is 365. The van der Waals surface area contributed by atoms with E-state index in [1.54, 1.807) is 6.07 Å². The van der Waals surface area contributed by atoms with Crippen LogP contribution in [0.4, 0.5) is 4.39 Å². The molecule has 1 aromatic rings. The van der Waals surface area contributed by atoms with E-state index < -0.39 is 0 Å². The summed E-state index contributed by atoms with van der Waals surface area (Å²) in [6, 6.07) is 5.56. The van der Waals surface area contributed by atoms with Gasteiger partial charge in [-0.3, -0.25) is 0 Å². The van der Waals surface area contributed by atoms with Crippen molar-refractivity contribution in [2.24, 2.45) is 11.8 Å². The zero-order valence-electron chi connectivity index (χ0n) is 10.9. The topological polar surface area (TPSA) is 12.0 Å². The second-order valence-corrected chi connectivity index (χ2v) is 5.64. The molecule has 0 saturated heterocycles. The maximum Gasteiger partial charge on any atom is 0.142 e. The minimum absolute atomic E-state index is 0.0671. The number of benzene rings is 1. The van der Waals surface area contributed by atoms with E-state index in [1.807, 2.05) is 12.1 Å². The van der Waals surface area contributed by atoms with Gasteiger partial charge in [-0.15, -0.1) is 0 Å². The van der Waals surface area contributed by atoms with Gasteiger partial charge in [0.25, 0.3) is 0 Å². The summed E-state index contributed by atoms with van der Waals surface area (Å²) in [5.41, 5.74) is 0.752. The lowest BCUT2D eigenvalue weighted by Gasteiger charge is -2.28. The molecule has 0 fully saturated rings.